The van der Waals surface area contributed by atoms with Crippen LogP contribution in [0.25, 0.3) is 0 Å². The molecule has 0 atom stereocenters. The highest BCUT2D eigenvalue weighted by Gasteiger charge is 2.02. The number of esters is 1. The average molecular weight is 397 g/mol. The van der Waals surface area contributed by atoms with Gasteiger partial charge in [0.05, 0.1) is 7.11 Å². The summed E-state index contributed by atoms with van der Waals surface area (Å²) in [6, 6.07) is 16.9. The van der Waals surface area contributed by atoms with E-state index in [0.717, 1.165) is 24.8 Å². The minimum Gasteiger partial charge on any atom is -0.481 e. The molecule has 0 heterocycles. The quantitative estimate of drug-likeness (QED) is 0.375. The summed E-state index contributed by atoms with van der Waals surface area (Å²) in [6.45, 7) is 0. The Hall–Kier alpha value is -2.62. The maximum absolute atomic E-state index is 11.2. The lowest BCUT2D eigenvalue weighted by atomic mass is 10.0. The molecule has 2 rings (SSSR count). The van der Waals surface area contributed by atoms with E-state index in [1.54, 1.807) is 0 Å². The number of hydrogen-bond acceptors (Lipinski definition) is 3. The zero-order valence-electron chi connectivity index (χ0n) is 17.4. The fraction of sp³-hybridized carbons (Fsp3) is 0.440. The van der Waals surface area contributed by atoms with Crippen molar-refractivity contribution in [2.24, 2.45) is 0 Å². The molecule has 0 fully saturated rings. The first kappa shape index (κ1) is 22.7. The molecule has 0 aliphatic heterocycles. The first-order valence-electron chi connectivity index (χ1n) is 10.5. The van der Waals surface area contributed by atoms with Gasteiger partial charge < -0.3 is 9.84 Å². The van der Waals surface area contributed by atoms with E-state index in [1.165, 1.54) is 49.5 Å². The summed E-state index contributed by atoms with van der Waals surface area (Å²) in [5, 5.41) is 8.73. The highest BCUT2D eigenvalue weighted by molar-refractivity contribution is 5.69. The van der Waals surface area contributed by atoms with Gasteiger partial charge in [0.1, 0.15) is 0 Å². The Balaban J connectivity index is 1.57. The van der Waals surface area contributed by atoms with Gasteiger partial charge in [-0.2, -0.15) is 0 Å². The predicted molar refractivity (Wildman–Crippen MR) is 115 cm³/mol. The van der Waals surface area contributed by atoms with E-state index in [-0.39, 0.29) is 12.4 Å². The van der Waals surface area contributed by atoms with Gasteiger partial charge in [-0.1, -0.05) is 61.4 Å². The van der Waals surface area contributed by atoms with Crippen LogP contribution in [0.5, 0.6) is 0 Å². The number of benzene rings is 2. The lowest BCUT2D eigenvalue weighted by Gasteiger charge is -2.06. The molecule has 2 aromatic rings. The molecule has 0 aliphatic carbocycles. The molecule has 29 heavy (non-hydrogen) atoms. The molecule has 0 amide bonds. The Morgan fingerprint density at radius 3 is 1.41 bits per heavy atom. The molecule has 0 saturated carbocycles. The zero-order chi connectivity index (χ0) is 20.9. The van der Waals surface area contributed by atoms with Crippen LogP contribution in [0.3, 0.4) is 0 Å². The number of aliphatic carboxylic acids is 1. The summed E-state index contributed by atoms with van der Waals surface area (Å²) >= 11 is 0. The van der Waals surface area contributed by atoms with Gasteiger partial charge in [-0.05, 0) is 60.8 Å². The zero-order valence-corrected chi connectivity index (χ0v) is 17.4. The lowest BCUT2D eigenvalue weighted by Crippen LogP contribution is -2.01. The number of carboxylic acids is 1. The smallest absolute Gasteiger partial charge is 0.305 e. The third kappa shape index (κ3) is 9.42. The van der Waals surface area contributed by atoms with Gasteiger partial charge in [-0.15, -0.1) is 0 Å². The second-order valence-electron chi connectivity index (χ2n) is 7.52. The SMILES string of the molecule is COC(=O)CCc1ccc(CCCCCCc2ccc(CCC(=O)O)cc2)cc1. The molecule has 0 saturated heterocycles. The van der Waals surface area contributed by atoms with Crippen molar-refractivity contribution in [3.05, 3.63) is 70.8 Å². The molecule has 2 aromatic carbocycles. The Labute approximate surface area is 173 Å². The largest absolute Gasteiger partial charge is 0.481 e. The van der Waals surface area contributed by atoms with Gasteiger partial charge in [0, 0.05) is 12.8 Å². The van der Waals surface area contributed by atoms with Crippen LogP contribution in [-0.2, 0) is 40.0 Å². The number of methoxy groups -OCH3 is 1. The summed E-state index contributed by atoms with van der Waals surface area (Å²) in [7, 11) is 1.42. The van der Waals surface area contributed by atoms with Crippen molar-refractivity contribution >= 4 is 11.9 Å². The van der Waals surface area contributed by atoms with Gasteiger partial charge in [0.2, 0.25) is 0 Å². The van der Waals surface area contributed by atoms with E-state index in [4.69, 9.17) is 5.11 Å². The van der Waals surface area contributed by atoms with Crippen molar-refractivity contribution in [2.45, 2.75) is 64.2 Å². The number of carbonyl (C=O) groups excluding carboxylic acids is 1. The van der Waals surface area contributed by atoms with Crippen LogP contribution >= 0.6 is 0 Å². The van der Waals surface area contributed by atoms with Crippen LogP contribution in [0.4, 0.5) is 0 Å². The van der Waals surface area contributed by atoms with E-state index in [9.17, 15) is 9.59 Å². The predicted octanol–water partition coefficient (Wildman–Crippen LogP) is 5.16. The van der Waals surface area contributed by atoms with Crippen molar-refractivity contribution in [3.8, 4) is 0 Å². The molecule has 1 N–H and O–H groups in total. The van der Waals surface area contributed by atoms with Crippen molar-refractivity contribution in [3.63, 3.8) is 0 Å². The molecule has 0 unspecified atom stereocenters. The minimum absolute atomic E-state index is 0.164. The molecule has 0 aromatic heterocycles. The number of hydrogen-bond donors (Lipinski definition) is 1. The van der Waals surface area contributed by atoms with E-state index in [0.29, 0.717) is 12.8 Å². The summed E-state index contributed by atoms with van der Waals surface area (Å²) < 4.78 is 4.67. The Bertz CT molecular complexity index is 747. The molecular weight excluding hydrogens is 364 g/mol. The number of unbranched alkanes of at least 4 members (excludes halogenated alkanes) is 3. The highest BCUT2D eigenvalue weighted by Crippen LogP contribution is 2.14. The van der Waals surface area contributed by atoms with Crippen LogP contribution in [0.1, 0.15) is 60.8 Å². The molecule has 0 radical (unpaired) electrons. The van der Waals surface area contributed by atoms with E-state index in [1.807, 2.05) is 12.1 Å². The van der Waals surface area contributed by atoms with E-state index < -0.39 is 5.97 Å². The van der Waals surface area contributed by atoms with Gasteiger partial charge in [-0.3, -0.25) is 9.59 Å². The highest BCUT2D eigenvalue weighted by atomic mass is 16.5. The molecule has 4 heteroatoms. The topological polar surface area (TPSA) is 63.6 Å². The Morgan fingerprint density at radius 2 is 1.03 bits per heavy atom. The fourth-order valence-corrected chi connectivity index (χ4v) is 3.36. The van der Waals surface area contributed by atoms with Crippen molar-refractivity contribution in [1.29, 1.82) is 0 Å². The first-order valence-corrected chi connectivity index (χ1v) is 10.5. The summed E-state index contributed by atoms with van der Waals surface area (Å²) in [4.78, 5) is 21.8. The van der Waals surface area contributed by atoms with Crippen LogP contribution in [0.15, 0.2) is 48.5 Å². The fourth-order valence-electron chi connectivity index (χ4n) is 3.36. The Morgan fingerprint density at radius 1 is 0.655 bits per heavy atom. The second kappa shape index (κ2) is 12.8. The van der Waals surface area contributed by atoms with Gasteiger partial charge in [0.25, 0.3) is 0 Å². The molecule has 0 spiro atoms. The van der Waals surface area contributed by atoms with Crippen molar-refractivity contribution in [2.75, 3.05) is 7.11 Å². The molecule has 156 valence electrons. The second-order valence-corrected chi connectivity index (χ2v) is 7.52. The van der Waals surface area contributed by atoms with Crippen molar-refractivity contribution in [1.82, 2.24) is 0 Å². The van der Waals surface area contributed by atoms with Crippen LogP contribution < -0.4 is 0 Å². The normalized spacial score (nSPS) is 10.7. The lowest BCUT2D eigenvalue weighted by molar-refractivity contribution is -0.140. The van der Waals surface area contributed by atoms with Crippen molar-refractivity contribution < 1.29 is 19.4 Å². The van der Waals surface area contributed by atoms with Crippen LogP contribution in [0, 0.1) is 0 Å². The van der Waals surface area contributed by atoms with Crippen LogP contribution in [0.2, 0.25) is 0 Å². The molecule has 0 bridgehead atoms. The summed E-state index contributed by atoms with van der Waals surface area (Å²) in [6.07, 6.45) is 8.94. The van der Waals surface area contributed by atoms with Gasteiger partial charge in [0.15, 0.2) is 0 Å². The van der Waals surface area contributed by atoms with E-state index in [2.05, 4.69) is 41.1 Å². The maximum Gasteiger partial charge on any atom is 0.305 e. The van der Waals surface area contributed by atoms with Gasteiger partial charge >= 0.3 is 11.9 Å². The number of rotatable bonds is 13. The number of carbonyl (C=O) groups is 2. The number of carboxylic acid groups (broad SMARTS) is 1. The molecule has 4 nitrogen and oxygen atoms in total. The summed E-state index contributed by atoms with van der Waals surface area (Å²) in [5.74, 6) is -0.910. The third-order valence-electron chi connectivity index (χ3n) is 5.20. The van der Waals surface area contributed by atoms with E-state index >= 15 is 0 Å². The number of ether oxygens (including phenoxy) is 1. The molecule has 0 aliphatic rings. The Kier molecular flexibility index (Phi) is 9.98. The summed E-state index contributed by atoms with van der Waals surface area (Å²) in [5.41, 5.74) is 4.94. The monoisotopic (exact) mass is 396 g/mol. The average Bonchev–Trinajstić information content (AvgIpc) is 2.74. The number of aryl methyl sites for hydroxylation is 4. The third-order valence-corrected chi connectivity index (χ3v) is 5.20. The minimum atomic E-state index is -0.747. The standard InChI is InChI=1S/C25H32O4/c1-29-25(28)19-17-23-14-10-21(11-15-23)7-5-3-2-4-6-20-8-12-22(13-9-20)16-18-24(26)27/h8-15H,2-7,16-19H2,1H3,(H,26,27). The molecular formula is C25H32O4. The van der Waals surface area contributed by atoms with Gasteiger partial charge in [-0.25, -0.2) is 0 Å². The maximum atomic E-state index is 11.2. The first-order chi connectivity index (χ1) is 14.1. The van der Waals surface area contributed by atoms with Crippen LogP contribution in [-0.4, -0.2) is 24.2 Å².